The van der Waals surface area contributed by atoms with Crippen molar-refractivity contribution in [1.82, 2.24) is 14.5 Å². The Kier molecular flexibility index (Phi) is 6.46. The van der Waals surface area contributed by atoms with Crippen LogP contribution >= 0.6 is 0 Å². The van der Waals surface area contributed by atoms with E-state index in [2.05, 4.69) is 161 Å². The Labute approximate surface area is 273 Å². The second kappa shape index (κ2) is 11.2. The third-order valence-corrected chi connectivity index (χ3v) is 9.06. The SMILES string of the molecule is c1ccc(-c2cc(-c3ccccc3)c3c(c2)c2ccccc2n3-c2cccc(-c3cc(-c4ccccc4)c4cnccc4n3)c2)cc1. The molecule has 3 aromatic heterocycles. The summed E-state index contributed by atoms with van der Waals surface area (Å²) < 4.78 is 2.42. The molecular weight excluding hydrogens is 571 g/mol. The molecule has 3 nitrogen and oxygen atoms in total. The lowest BCUT2D eigenvalue weighted by atomic mass is 9.95. The van der Waals surface area contributed by atoms with Crippen LogP contribution in [-0.2, 0) is 0 Å². The number of nitrogens with zero attached hydrogens (tertiary/aromatic N) is 3. The molecule has 0 N–H and O–H groups in total. The van der Waals surface area contributed by atoms with E-state index >= 15 is 0 Å². The minimum Gasteiger partial charge on any atom is -0.309 e. The number of hydrogen-bond acceptors (Lipinski definition) is 2. The number of benzene rings is 6. The van der Waals surface area contributed by atoms with Crippen LogP contribution in [0.4, 0.5) is 0 Å². The molecule has 0 amide bonds. The van der Waals surface area contributed by atoms with Gasteiger partial charge in [-0.05, 0) is 70.3 Å². The fourth-order valence-corrected chi connectivity index (χ4v) is 6.88. The van der Waals surface area contributed by atoms with Gasteiger partial charge in [-0.2, -0.15) is 0 Å². The fraction of sp³-hybridized carbons (Fsp3) is 0. The molecular formula is C44H29N3. The van der Waals surface area contributed by atoms with E-state index in [9.17, 15) is 0 Å². The van der Waals surface area contributed by atoms with E-state index in [1.54, 1.807) is 0 Å². The van der Waals surface area contributed by atoms with Crippen molar-refractivity contribution < 1.29 is 0 Å². The van der Waals surface area contributed by atoms with Gasteiger partial charge in [0.25, 0.3) is 0 Å². The molecule has 220 valence electrons. The molecule has 9 aromatic rings. The summed E-state index contributed by atoms with van der Waals surface area (Å²) in [6.45, 7) is 0. The van der Waals surface area contributed by atoms with Crippen molar-refractivity contribution in [2.24, 2.45) is 0 Å². The third-order valence-electron chi connectivity index (χ3n) is 9.06. The molecule has 0 aliphatic rings. The maximum Gasteiger partial charge on any atom is 0.0746 e. The Morgan fingerprint density at radius 3 is 1.85 bits per heavy atom. The topological polar surface area (TPSA) is 30.7 Å². The van der Waals surface area contributed by atoms with Crippen LogP contribution in [0.25, 0.3) is 83.0 Å². The first-order valence-electron chi connectivity index (χ1n) is 15.9. The van der Waals surface area contributed by atoms with Gasteiger partial charge in [0.05, 0.1) is 22.2 Å². The summed E-state index contributed by atoms with van der Waals surface area (Å²) in [4.78, 5) is 9.56. The molecule has 0 aliphatic carbocycles. The van der Waals surface area contributed by atoms with Crippen molar-refractivity contribution in [2.45, 2.75) is 0 Å². The van der Waals surface area contributed by atoms with Gasteiger partial charge in [0.15, 0.2) is 0 Å². The van der Waals surface area contributed by atoms with Crippen molar-refractivity contribution in [3.05, 3.63) is 176 Å². The van der Waals surface area contributed by atoms with Crippen LogP contribution < -0.4 is 0 Å². The molecule has 3 heteroatoms. The van der Waals surface area contributed by atoms with Gasteiger partial charge in [-0.25, -0.2) is 4.98 Å². The van der Waals surface area contributed by atoms with E-state index in [-0.39, 0.29) is 0 Å². The number of pyridine rings is 2. The largest absolute Gasteiger partial charge is 0.309 e. The molecule has 0 unspecified atom stereocenters. The molecule has 0 bridgehead atoms. The smallest absolute Gasteiger partial charge is 0.0746 e. The summed E-state index contributed by atoms with van der Waals surface area (Å²) in [5, 5.41) is 3.50. The molecule has 9 rings (SSSR count). The van der Waals surface area contributed by atoms with Crippen LogP contribution in [0.1, 0.15) is 0 Å². The zero-order valence-electron chi connectivity index (χ0n) is 25.6. The first-order chi connectivity index (χ1) is 23.3. The van der Waals surface area contributed by atoms with Gasteiger partial charge in [0.1, 0.15) is 0 Å². The maximum absolute atomic E-state index is 5.14. The van der Waals surface area contributed by atoms with E-state index in [4.69, 9.17) is 4.98 Å². The van der Waals surface area contributed by atoms with E-state index in [1.165, 1.54) is 44.1 Å². The molecule has 0 radical (unpaired) electrons. The van der Waals surface area contributed by atoms with Gasteiger partial charge in [0, 0.05) is 45.4 Å². The first kappa shape index (κ1) is 27.0. The number of rotatable bonds is 5. The quantitative estimate of drug-likeness (QED) is 0.197. The normalized spacial score (nSPS) is 11.4. The van der Waals surface area contributed by atoms with Gasteiger partial charge in [0.2, 0.25) is 0 Å². The van der Waals surface area contributed by atoms with Crippen molar-refractivity contribution in [1.29, 1.82) is 0 Å². The second-order valence-corrected chi connectivity index (χ2v) is 11.9. The van der Waals surface area contributed by atoms with Crippen LogP contribution in [0, 0.1) is 0 Å². The number of fused-ring (bicyclic) bond motifs is 4. The molecule has 0 saturated heterocycles. The summed E-state index contributed by atoms with van der Waals surface area (Å²) in [5.74, 6) is 0. The molecule has 3 heterocycles. The summed E-state index contributed by atoms with van der Waals surface area (Å²) in [5.41, 5.74) is 13.4. The van der Waals surface area contributed by atoms with E-state index in [0.29, 0.717) is 0 Å². The van der Waals surface area contributed by atoms with Crippen LogP contribution in [-0.4, -0.2) is 14.5 Å². The number of para-hydroxylation sites is 1. The van der Waals surface area contributed by atoms with Gasteiger partial charge in [-0.1, -0.05) is 121 Å². The molecule has 0 fully saturated rings. The van der Waals surface area contributed by atoms with E-state index < -0.39 is 0 Å². The molecule has 0 spiro atoms. The highest BCUT2D eigenvalue weighted by Crippen LogP contribution is 2.42. The Balaban J connectivity index is 1.31. The average molecular weight is 600 g/mol. The Morgan fingerprint density at radius 2 is 1.09 bits per heavy atom. The molecule has 0 saturated carbocycles. The van der Waals surface area contributed by atoms with Crippen molar-refractivity contribution in [2.75, 3.05) is 0 Å². The predicted octanol–water partition coefficient (Wildman–Crippen LogP) is 11.4. The molecule has 6 aromatic carbocycles. The van der Waals surface area contributed by atoms with Crippen molar-refractivity contribution >= 4 is 32.7 Å². The lowest BCUT2D eigenvalue weighted by molar-refractivity contribution is 1.18. The highest BCUT2D eigenvalue weighted by Gasteiger charge is 2.19. The summed E-state index contributed by atoms with van der Waals surface area (Å²) >= 11 is 0. The van der Waals surface area contributed by atoms with E-state index in [1.807, 2.05) is 24.5 Å². The lowest BCUT2D eigenvalue weighted by Gasteiger charge is -2.15. The highest BCUT2D eigenvalue weighted by molar-refractivity contribution is 6.15. The van der Waals surface area contributed by atoms with Gasteiger partial charge < -0.3 is 4.57 Å². The van der Waals surface area contributed by atoms with Crippen molar-refractivity contribution in [3.63, 3.8) is 0 Å². The van der Waals surface area contributed by atoms with Crippen LogP contribution in [0.3, 0.4) is 0 Å². The first-order valence-corrected chi connectivity index (χ1v) is 15.9. The van der Waals surface area contributed by atoms with Crippen molar-refractivity contribution in [3.8, 4) is 50.3 Å². The Hall–Kier alpha value is -6.32. The number of aromatic nitrogens is 3. The fourth-order valence-electron chi connectivity index (χ4n) is 6.88. The van der Waals surface area contributed by atoms with Gasteiger partial charge >= 0.3 is 0 Å². The predicted molar refractivity (Wildman–Crippen MR) is 196 cm³/mol. The maximum atomic E-state index is 5.14. The lowest BCUT2D eigenvalue weighted by Crippen LogP contribution is -1.97. The molecule has 0 aliphatic heterocycles. The molecule has 0 atom stereocenters. The minimum absolute atomic E-state index is 0.929. The van der Waals surface area contributed by atoms with Gasteiger partial charge in [-0.3, -0.25) is 4.98 Å². The third kappa shape index (κ3) is 4.68. The van der Waals surface area contributed by atoms with Crippen LogP contribution in [0.5, 0.6) is 0 Å². The van der Waals surface area contributed by atoms with Crippen LogP contribution in [0.2, 0.25) is 0 Å². The Bertz CT molecular complexity index is 2550. The van der Waals surface area contributed by atoms with Gasteiger partial charge in [-0.15, -0.1) is 0 Å². The second-order valence-electron chi connectivity index (χ2n) is 11.9. The monoisotopic (exact) mass is 599 g/mol. The standard InChI is InChI=1S/C44H29N3/c1-4-13-30(14-5-1)34-26-38(32-17-8-3-9-18-32)44-39(27-34)36-21-10-11-22-43(36)47(44)35-20-12-19-33(25-35)42-28-37(31-15-6-2-7-16-31)40-29-45-24-23-41(40)46-42/h1-29H. The molecule has 47 heavy (non-hydrogen) atoms. The minimum atomic E-state index is 0.929. The van der Waals surface area contributed by atoms with Crippen LogP contribution in [0.15, 0.2) is 176 Å². The Morgan fingerprint density at radius 1 is 0.426 bits per heavy atom. The summed E-state index contributed by atoms with van der Waals surface area (Å²) in [6.07, 6.45) is 3.73. The summed E-state index contributed by atoms with van der Waals surface area (Å²) in [6, 6.07) is 58.3. The van der Waals surface area contributed by atoms with E-state index in [0.717, 1.165) is 39.0 Å². The average Bonchev–Trinajstić information content (AvgIpc) is 3.49. The zero-order valence-corrected chi connectivity index (χ0v) is 25.6. The zero-order chi connectivity index (χ0) is 31.2. The number of hydrogen-bond donors (Lipinski definition) is 0. The summed E-state index contributed by atoms with van der Waals surface area (Å²) in [7, 11) is 0. The highest BCUT2D eigenvalue weighted by atomic mass is 15.0.